The molecule has 1 fully saturated rings. The van der Waals surface area contributed by atoms with Crippen molar-refractivity contribution < 1.29 is 14.4 Å². The van der Waals surface area contributed by atoms with Crippen LogP contribution in [0.25, 0.3) is 11.0 Å². The fourth-order valence-electron chi connectivity index (χ4n) is 3.19. The molecule has 2 aromatic carbocycles. The molecule has 3 N–H and O–H groups in total. The molecule has 1 aliphatic heterocycles. The molecule has 8 nitrogen and oxygen atoms in total. The molecule has 28 heavy (non-hydrogen) atoms. The highest BCUT2D eigenvalue weighted by atomic mass is 16.2. The lowest BCUT2D eigenvalue weighted by atomic mass is 10.2. The molecule has 0 radical (unpaired) electrons. The number of para-hydroxylation sites is 3. The summed E-state index contributed by atoms with van der Waals surface area (Å²) in [6.45, 7) is 0.385. The van der Waals surface area contributed by atoms with Crippen LogP contribution in [0, 0.1) is 0 Å². The van der Waals surface area contributed by atoms with Crippen molar-refractivity contribution in [2.45, 2.75) is 18.9 Å². The molecule has 0 bridgehead atoms. The number of imide groups is 1. The van der Waals surface area contributed by atoms with Gasteiger partial charge in [0.1, 0.15) is 11.9 Å². The molecular weight excluding hydrogens is 358 g/mol. The Balaban J connectivity index is 1.30. The molecular formula is C20H19N5O3. The number of nitrogens with zero attached hydrogens (tertiary/aromatic N) is 2. The second kappa shape index (κ2) is 7.51. The van der Waals surface area contributed by atoms with Gasteiger partial charge >= 0.3 is 6.03 Å². The number of aromatic nitrogens is 2. The predicted octanol–water partition coefficient (Wildman–Crippen LogP) is 1.74. The average molecular weight is 377 g/mol. The fraction of sp³-hybridized carbons (Fsp3) is 0.200. The zero-order valence-corrected chi connectivity index (χ0v) is 15.0. The molecule has 0 aliphatic carbocycles. The Hall–Kier alpha value is -3.68. The minimum absolute atomic E-state index is 0.103. The topological polar surface area (TPSA) is 107 Å². The zero-order chi connectivity index (χ0) is 19.5. The number of anilines is 1. The molecule has 2 heterocycles. The summed E-state index contributed by atoms with van der Waals surface area (Å²) in [5.41, 5.74) is 2.31. The first kappa shape index (κ1) is 17.7. The summed E-state index contributed by atoms with van der Waals surface area (Å²) in [5.74, 6) is 0.0512. The quantitative estimate of drug-likeness (QED) is 0.569. The van der Waals surface area contributed by atoms with E-state index in [9.17, 15) is 14.4 Å². The van der Waals surface area contributed by atoms with Gasteiger partial charge in [-0.3, -0.25) is 9.59 Å². The van der Waals surface area contributed by atoms with Crippen molar-refractivity contribution in [1.82, 2.24) is 20.6 Å². The molecule has 4 rings (SSSR count). The fourth-order valence-corrected chi connectivity index (χ4v) is 3.19. The molecule has 4 amide bonds. The van der Waals surface area contributed by atoms with Crippen molar-refractivity contribution in [1.29, 1.82) is 0 Å². The lowest BCUT2D eigenvalue weighted by Crippen LogP contribution is -2.37. The van der Waals surface area contributed by atoms with Crippen molar-refractivity contribution in [3.8, 4) is 0 Å². The minimum atomic E-state index is -0.862. The van der Waals surface area contributed by atoms with Crippen LogP contribution in [-0.2, 0) is 16.0 Å². The third kappa shape index (κ3) is 3.57. The molecule has 1 atom stereocenters. The van der Waals surface area contributed by atoms with Gasteiger partial charge in [-0.1, -0.05) is 30.3 Å². The van der Waals surface area contributed by atoms with Crippen LogP contribution >= 0.6 is 0 Å². The van der Waals surface area contributed by atoms with Crippen LogP contribution in [0.5, 0.6) is 0 Å². The molecule has 1 saturated heterocycles. The number of imidazole rings is 1. The van der Waals surface area contributed by atoms with Gasteiger partial charge in [0.05, 0.1) is 23.1 Å². The van der Waals surface area contributed by atoms with Gasteiger partial charge in [-0.25, -0.2) is 14.7 Å². The van der Waals surface area contributed by atoms with E-state index < -0.39 is 18.0 Å². The van der Waals surface area contributed by atoms with Gasteiger partial charge in [0, 0.05) is 13.0 Å². The molecule has 3 aromatic rings. The van der Waals surface area contributed by atoms with E-state index in [4.69, 9.17) is 0 Å². The van der Waals surface area contributed by atoms with E-state index in [1.807, 2.05) is 24.3 Å². The van der Waals surface area contributed by atoms with Crippen molar-refractivity contribution >= 4 is 34.6 Å². The number of amides is 4. The Morgan fingerprint density at radius 2 is 1.82 bits per heavy atom. The van der Waals surface area contributed by atoms with Gasteiger partial charge in [-0.15, -0.1) is 0 Å². The smallest absolute Gasteiger partial charge is 0.329 e. The summed E-state index contributed by atoms with van der Waals surface area (Å²) >= 11 is 0. The van der Waals surface area contributed by atoms with Crippen molar-refractivity contribution in [3.63, 3.8) is 0 Å². The summed E-state index contributed by atoms with van der Waals surface area (Å²) < 4.78 is 0. The van der Waals surface area contributed by atoms with E-state index in [2.05, 4.69) is 20.6 Å². The van der Waals surface area contributed by atoms with Crippen LogP contribution < -0.4 is 15.5 Å². The summed E-state index contributed by atoms with van der Waals surface area (Å²) in [6.07, 6.45) is 0.440. The predicted molar refractivity (Wildman–Crippen MR) is 104 cm³/mol. The van der Waals surface area contributed by atoms with E-state index in [1.54, 1.807) is 30.3 Å². The first-order chi connectivity index (χ1) is 13.6. The Bertz CT molecular complexity index is 998. The molecule has 1 aliphatic rings. The summed E-state index contributed by atoms with van der Waals surface area (Å²) in [5, 5.41) is 5.34. The van der Waals surface area contributed by atoms with E-state index in [-0.39, 0.29) is 12.3 Å². The summed E-state index contributed by atoms with van der Waals surface area (Å²) in [6, 6.07) is 15.0. The number of hydrogen-bond acceptors (Lipinski definition) is 4. The van der Waals surface area contributed by atoms with Crippen LogP contribution in [0.2, 0.25) is 0 Å². The number of benzene rings is 2. The number of hydrogen-bond donors (Lipinski definition) is 3. The van der Waals surface area contributed by atoms with E-state index >= 15 is 0 Å². The second-order valence-corrected chi connectivity index (χ2v) is 6.52. The third-order valence-corrected chi connectivity index (χ3v) is 4.55. The zero-order valence-electron chi connectivity index (χ0n) is 15.0. The molecule has 0 spiro atoms. The van der Waals surface area contributed by atoms with Gasteiger partial charge in [0.2, 0.25) is 5.91 Å². The first-order valence-corrected chi connectivity index (χ1v) is 9.01. The van der Waals surface area contributed by atoms with Crippen LogP contribution in [0.3, 0.4) is 0 Å². The lowest BCUT2D eigenvalue weighted by molar-refractivity contribution is -0.125. The largest absolute Gasteiger partial charge is 0.356 e. The maximum Gasteiger partial charge on any atom is 0.329 e. The van der Waals surface area contributed by atoms with Gasteiger partial charge in [0.15, 0.2) is 0 Å². The maximum absolute atomic E-state index is 12.5. The van der Waals surface area contributed by atoms with Crippen LogP contribution in [0.1, 0.15) is 12.2 Å². The summed E-state index contributed by atoms with van der Waals surface area (Å²) in [7, 11) is 0. The molecule has 0 saturated carbocycles. The molecule has 8 heteroatoms. The molecule has 142 valence electrons. The highest BCUT2D eigenvalue weighted by Gasteiger charge is 2.39. The Morgan fingerprint density at radius 3 is 2.61 bits per heavy atom. The number of carbonyl (C=O) groups excluding carboxylic acids is 3. The van der Waals surface area contributed by atoms with E-state index in [0.717, 1.165) is 21.8 Å². The number of nitrogens with one attached hydrogen (secondary N) is 3. The SMILES string of the molecule is O=C(CC1NC(=O)N(c2ccccc2)C1=O)NCCc1nc2ccccc2[nH]1. The van der Waals surface area contributed by atoms with Crippen molar-refractivity contribution in [2.75, 3.05) is 11.4 Å². The van der Waals surface area contributed by atoms with Gasteiger partial charge < -0.3 is 15.6 Å². The number of aromatic amines is 1. The summed E-state index contributed by atoms with van der Waals surface area (Å²) in [4.78, 5) is 45.5. The second-order valence-electron chi connectivity index (χ2n) is 6.52. The lowest BCUT2D eigenvalue weighted by Gasteiger charge is -2.12. The van der Waals surface area contributed by atoms with E-state index in [1.165, 1.54) is 0 Å². The molecule has 1 unspecified atom stereocenters. The first-order valence-electron chi connectivity index (χ1n) is 9.01. The Labute approximate surface area is 160 Å². The monoisotopic (exact) mass is 377 g/mol. The van der Waals surface area contributed by atoms with Gasteiger partial charge in [0.25, 0.3) is 5.91 Å². The van der Waals surface area contributed by atoms with Crippen LogP contribution in [0.4, 0.5) is 10.5 Å². The van der Waals surface area contributed by atoms with Crippen LogP contribution in [0.15, 0.2) is 54.6 Å². The number of urea groups is 1. The highest BCUT2D eigenvalue weighted by Crippen LogP contribution is 2.20. The number of rotatable bonds is 6. The molecule has 1 aromatic heterocycles. The maximum atomic E-state index is 12.5. The number of carbonyl (C=O) groups is 3. The van der Waals surface area contributed by atoms with E-state index in [0.29, 0.717) is 18.7 Å². The van der Waals surface area contributed by atoms with Crippen LogP contribution in [-0.4, -0.2) is 40.4 Å². The Morgan fingerprint density at radius 1 is 1.07 bits per heavy atom. The third-order valence-electron chi connectivity index (χ3n) is 4.55. The van der Waals surface area contributed by atoms with Gasteiger partial charge in [-0.05, 0) is 24.3 Å². The standard InChI is InChI=1S/C20H19N5O3/c26-18(21-11-10-17-22-14-8-4-5-9-15(14)23-17)12-16-19(27)25(20(28)24-16)13-6-2-1-3-7-13/h1-9,16H,10-12H2,(H,21,26)(H,22,23)(H,24,28). The normalized spacial score (nSPS) is 16.4. The van der Waals surface area contributed by atoms with Crippen molar-refractivity contribution in [2.24, 2.45) is 0 Å². The highest BCUT2D eigenvalue weighted by molar-refractivity contribution is 6.22. The number of fused-ring (bicyclic) bond motifs is 1. The number of H-pyrrole nitrogens is 1. The van der Waals surface area contributed by atoms with Crippen molar-refractivity contribution in [3.05, 3.63) is 60.4 Å². The average Bonchev–Trinajstić information content (AvgIpc) is 3.22. The van der Waals surface area contributed by atoms with Gasteiger partial charge in [-0.2, -0.15) is 0 Å². The Kier molecular flexibility index (Phi) is 4.76. The minimum Gasteiger partial charge on any atom is -0.356 e.